The van der Waals surface area contributed by atoms with Crippen LogP contribution in [-0.4, -0.2) is 30.5 Å². The van der Waals surface area contributed by atoms with Crippen molar-refractivity contribution in [3.63, 3.8) is 0 Å². The summed E-state index contributed by atoms with van der Waals surface area (Å²) in [5, 5.41) is 14.7. The lowest BCUT2D eigenvalue weighted by Gasteiger charge is -2.33. The van der Waals surface area contributed by atoms with Gasteiger partial charge in [-0.3, -0.25) is 9.59 Å². The highest BCUT2D eigenvalue weighted by atomic mass is 32.2. The van der Waals surface area contributed by atoms with Crippen molar-refractivity contribution in [2.45, 2.75) is 47.3 Å². The summed E-state index contributed by atoms with van der Waals surface area (Å²) in [7, 11) is -4.29. The lowest BCUT2D eigenvalue weighted by Crippen LogP contribution is -2.59. The second-order valence-corrected chi connectivity index (χ2v) is 10.5. The minimum Gasteiger partial charge on any atom is -0.336 e. The van der Waals surface area contributed by atoms with Crippen LogP contribution >= 0.6 is 0 Å². The highest BCUT2D eigenvalue weighted by Gasteiger charge is 2.63. The molecule has 0 saturated heterocycles. The summed E-state index contributed by atoms with van der Waals surface area (Å²) in [6.07, 6.45) is 1.36. The Hall–Kier alpha value is -3.25. The van der Waals surface area contributed by atoms with Crippen LogP contribution in [0.2, 0.25) is 0 Å². The molecule has 9 heteroatoms. The number of amides is 2. The maximum Gasteiger partial charge on any atom is 0.243 e. The summed E-state index contributed by atoms with van der Waals surface area (Å²) in [6, 6.07) is 14.7. The molecular formula is C23H22FN3O4S. The minimum absolute atomic E-state index is 0.0426. The second-order valence-electron chi connectivity index (χ2n) is 8.29. The zero-order valence-corrected chi connectivity index (χ0v) is 18.0. The van der Waals surface area contributed by atoms with Gasteiger partial charge in [-0.25, -0.2) is 12.8 Å². The van der Waals surface area contributed by atoms with Gasteiger partial charge in [0.2, 0.25) is 11.8 Å². The Morgan fingerprint density at radius 3 is 2.28 bits per heavy atom. The number of carbonyl (C=O) groups is 2. The Morgan fingerprint density at radius 1 is 1.03 bits per heavy atom. The Bertz CT molecular complexity index is 1190. The van der Waals surface area contributed by atoms with Gasteiger partial charge in [0.25, 0.3) is 0 Å². The van der Waals surface area contributed by atoms with Crippen LogP contribution in [0.5, 0.6) is 0 Å². The highest BCUT2D eigenvalue weighted by molar-refractivity contribution is 7.93. The summed E-state index contributed by atoms with van der Waals surface area (Å²) < 4.78 is 38.8. The molecule has 7 nitrogen and oxygen atoms in total. The van der Waals surface area contributed by atoms with Crippen molar-refractivity contribution in [1.82, 2.24) is 5.32 Å². The molecule has 0 radical (unpaired) electrons. The first kappa shape index (κ1) is 22.0. The SMILES string of the molecule is N#CC1(NC(=O)[C@@]2(S(=O)(=O)c3ccccc3)CCC[C@@H]2C(=O)Nc2ccc(F)cc2)CC1. The number of hydrogen-bond acceptors (Lipinski definition) is 5. The van der Waals surface area contributed by atoms with Crippen LogP contribution in [-0.2, 0) is 19.4 Å². The van der Waals surface area contributed by atoms with Crippen molar-refractivity contribution in [3.8, 4) is 6.07 Å². The van der Waals surface area contributed by atoms with E-state index in [4.69, 9.17) is 0 Å². The van der Waals surface area contributed by atoms with Crippen molar-refractivity contribution < 1.29 is 22.4 Å². The number of carbonyl (C=O) groups excluding carboxylic acids is 2. The molecule has 0 aliphatic heterocycles. The van der Waals surface area contributed by atoms with E-state index in [-0.39, 0.29) is 17.7 Å². The maximum atomic E-state index is 13.8. The summed E-state index contributed by atoms with van der Waals surface area (Å²) in [4.78, 5) is 26.7. The van der Waals surface area contributed by atoms with Crippen molar-refractivity contribution in [2.75, 3.05) is 5.32 Å². The predicted octanol–water partition coefficient (Wildman–Crippen LogP) is 2.95. The number of halogens is 1. The molecule has 2 N–H and O–H groups in total. The van der Waals surface area contributed by atoms with E-state index in [1.54, 1.807) is 18.2 Å². The minimum atomic E-state index is -4.29. The fourth-order valence-electron chi connectivity index (χ4n) is 4.32. The van der Waals surface area contributed by atoms with Crippen LogP contribution in [0.25, 0.3) is 0 Å². The molecule has 166 valence electrons. The van der Waals surface area contributed by atoms with Gasteiger partial charge < -0.3 is 10.6 Å². The molecule has 32 heavy (non-hydrogen) atoms. The molecule has 0 heterocycles. The molecule has 2 fully saturated rings. The number of nitriles is 1. The van der Waals surface area contributed by atoms with E-state index in [1.807, 2.05) is 6.07 Å². The summed E-state index contributed by atoms with van der Waals surface area (Å²) in [5.74, 6) is -3.11. The number of rotatable bonds is 6. The maximum absolute atomic E-state index is 13.8. The topological polar surface area (TPSA) is 116 Å². The van der Waals surface area contributed by atoms with Gasteiger partial charge in [-0.15, -0.1) is 0 Å². The number of benzene rings is 2. The third-order valence-corrected chi connectivity index (χ3v) is 8.79. The summed E-state index contributed by atoms with van der Waals surface area (Å²) in [6.45, 7) is 0. The van der Waals surface area contributed by atoms with Crippen LogP contribution in [0.1, 0.15) is 32.1 Å². The molecule has 0 spiro atoms. The fourth-order valence-corrected chi connectivity index (χ4v) is 6.56. The number of nitrogens with one attached hydrogen (secondary N) is 2. The van der Waals surface area contributed by atoms with Crippen molar-refractivity contribution in [3.05, 3.63) is 60.4 Å². The molecular weight excluding hydrogens is 433 g/mol. The number of hydrogen-bond donors (Lipinski definition) is 2. The van der Waals surface area contributed by atoms with Gasteiger partial charge in [-0.1, -0.05) is 24.6 Å². The lowest BCUT2D eigenvalue weighted by molar-refractivity contribution is -0.130. The molecule has 2 aliphatic rings. The molecule has 2 atom stereocenters. The van der Waals surface area contributed by atoms with Gasteiger partial charge in [0.15, 0.2) is 14.6 Å². The summed E-state index contributed by atoms with van der Waals surface area (Å²) in [5.41, 5.74) is -0.790. The van der Waals surface area contributed by atoms with E-state index in [0.29, 0.717) is 24.9 Å². The van der Waals surface area contributed by atoms with Crippen molar-refractivity contribution in [2.24, 2.45) is 5.92 Å². The van der Waals surface area contributed by atoms with E-state index < -0.39 is 43.7 Å². The first-order chi connectivity index (χ1) is 15.2. The molecule has 4 rings (SSSR count). The summed E-state index contributed by atoms with van der Waals surface area (Å²) >= 11 is 0. The third kappa shape index (κ3) is 3.65. The molecule has 2 aliphatic carbocycles. The van der Waals surface area contributed by atoms with E-state index in [2.05, 4.69) is 10.6 Å². The molecule has 2 amide bonds. The Labute approximate surface area is 185 Å². The van der Waals surface area contributed by atoms with Gasteiger partial charge in [0.1, 0.15) is 11.4 Å². The highest BCUT2D eigenvalue weighted by Crippen LogP contribution is 2.47. The van der Waals surface area contributed by atoms with Crippen LogP contribution in [0.3, 0.4) is 0 Å². The zero-order valence-electron chi connectivity index (χ0n) is 17.2. The monoisotopic (exact) mass is 455 g/mol. The van der Waals surface area contributed by atoms with Gasteiger partial charge in [-0.05, 0) is 62.1 Å². The molecule has 2 saturated carbocycles. The molecule has 0 aromatic heterocycles. The molecule has 0 bridgehead atoms. The van der Waals surface area contributed by atoms with Crippen LogP contribution < -0.4 is 10.6 Å². The zero-order chi connectivity index (χ0) is 23.0. The second kappa shape index (κ2) is 8.02. The van der Waals surface area contributed by atoms with Crippen molar-refractivity contribution >= 4 is 27.3 Å². The smallest absolute Gasteiger partial charge is 0.243 e. The number of nitrogens with zero attached hydrogens (tertiary/aromatic N) is 1. The van der Waals surface area contributed by atoms with E-state index in [1.165, 1.54) is 36.4 Å². The Balaban J connectivity index is 1.75. The quantitative estimate of drug-likeness (QED) is 0.695. The third-order valence-electron chi connectivity index (χ3n) is 6.27. The van der Waals surface area contributed by atoms with Gasteiger partial charge in [0.05, 0.1) is 16.9 Å². The van der Waals surface area contributed by atoms with Crippen LogP contribution in [0, 0.1) is 23.1 Å². The van der Waals surface area contributed by atoms with Crippen LogP contribution in [0.4, 0.5) is 10.1 Å². The number of sulfone groups is 1. The van der Waals surface area contributed by atoms with Crippen molar-refractivity contribution in [1.29, 1.82) is 5.26 Å². The standard InChI is InChI=1S/C23H22FN3O4S/c24-16-8-10-17(11-9-16)26-20(28)19-7-4-12-23(19,21(29)27-22(15-25)13-14-22)32(30,31)18-5-2-1-3-6-18/h1-3,5-6,8-11,19H,4,7,12-14H2,(H,26,28)(H,27,29)/t19-,23-/m1/s1. The largest absolute Gasteiger partial charge is 0.336 e. The fraction of sp³-hybridized carbons (Fsp3) is 0.348. The molecule has 2 aromatic rings. The van der Waals surface area contributed by atoms with Gasteiger partial charge >= 0.3 is 0 Å². The van der Waals surface area contributed by atoms with E-state index in [9.17, 15) is 27.7 Å². The first-order valence-corrected chi connectivity index (χ1v) is 11.8. The van der Waals surface area contributed by atoms with E-state index >= 15 is 0 Å². The van der Waals surface area contributed by atoms with Crippen LogP contribution in [0.15, 0.2) is 59.5 Å². The van der Waals surface area contributed by atoms with E-state index in [0.717, 1.165) is 0 Å². The predicted molar refractivity (Wildman–Crippen MR) is 114 cm³/mol. The lowest BCUT2D eigenvalue weighted by atomic mass is 9.92. The average molecular weight is 456 g/mol. The number of anilines is 1. The molecule has 0 unspecified atom stereocenters. The van der Waals surface area contributed by atoms with Gasteiger partial charge in [0, 0.05) is 5.69 Å². The Kier molecular flexibility index (Phi) is 5.51. The normalized spacial score (nSPS) is 23.7. The first-order valence-electron chi connectivity index (χ1n) is 10.3. The van der Waals surface area contributed by atoms with Gasteiger partial charge in [-0.2, -0.15) is 5.26 Å². The molecule has 2 aromatic carbocycles. The average Bonchev–Trinajstić information content (AvgIpc) is 3.40. The Morgan fingerprint density at radius 2 is 1.69 bits per heavy atom.